The van der Waals surface area contributed by atoms with Gasteiger partial charge < -0.3 is 16.0 Å². The number of carbonyl (C=O) groups excluding carboxylic acids is 1. The van der Waals surface area contributed by atoms with Gasteiger partial charge >= 0.3 is 6.03 Å². The third-order valence-corrected chi connectivity index (χ3v) is 11.6. The van der Waals surface area contributed by atoms with E-state index < -0.39 is 6.03 Å². The van der Waals surface area contributed by atoms with Crippen molar-refractivity contribution in [2.75, 3.05) is 21.3 Å². The Kier molecular flexibility index (Phi) is 11.5. The number of nitrogens with one attached hydrogen (secondary N) is 4. The molecule has 11 rings (SSSR count). The monoisotopic (exact) mass is 913 g/mol. The highest BCUT2D eigenvalue weighted by molar-refractivity contribution is 7.80. The van der Waals surface area contributed by atoms with Gasteiger partial charge in [-0.15, -0.1) is 10.2 Å². The molecule has 12 nitrogen and oxygen atoms in total. The van der Waals surface area contributed by atoms with Crippen molar-refractivity contribution in [1.82, 2.24) is 34.7 Å². The van der Waals surface area contributed by atoms with E-state index in [2.05, 4.69) is 80.0 Å². The first-order valence-corrected chi connectivity index (χ1v) is 22.5. The van der Waals surface area contributed by atoms with Crippen LogP contribution in [0.15, 0.2) is 213 Å². The summed E-state index contributed by atoms with van der Waals surface area (Å²) in [6.07, 6.45) is 1.55. The molecule has 0 spiro atoms. The fourth-order valence-electron chi connectivity index (χ4n) is 8.10. The van der Waals surface area contributed by atoms with Crippen molar-refractivity contribution < 1.29 is 4.79 Å². The molecule has 0 aliphatic carbocycles. The molecule has 13 heteroatoms. The molecule has 11 aromatic rings. The Bertz CT molecular complexity index is 3650. The number of hydrogen-bond acceptors (Lipinski definition) is 8. The zero-order chi connectivity index (χ0) is 46.5. The number of amides is 2. The SMILES string of the molecule is O=C(Nc1ccc2nc(-c3cccc(-c4ccc(NC(=S)Nc5ccc6nc(-c7ccccc7)c(-c7ccccc7)nc6c5)cc4)c3)c(-c3ccccc3)nc2c1)Nc1nncn1-c1ccccc1. The number of hydrogen-bond donors (Lipinski definition) is 4. The number of anilines is 4. The van der Waals surface area contributed by atoms with Gasteiger partial charge in [-0.1, -0.05) is 140 Å². The maximum Gasteiger partial charge on any atom is 0.326 e. The molecule has 0 fully saturated rings. The van der Waals surface area contributed by atoms with Gasteiger partial charge in [-0.3, -0.25) is 9.88 Å². The standard InChI is InChI=1S/C56H39N11OS/c68-55(65-54-66-57-35-67(54)45-22-11-4-12-23-45)58-43-28-30-47-48(33-43)64-52(39-18-9-3-10-19-39)53(62-47)41-21-13-20-40(32-41)36-24-26-42(27-25-36)59-56(69)60-44-29-31-46-49(34-44)63-51(38-16-7-2-8-17-38)50(61-46)37-14-5-1-6-15-37/h1-35H,(H2,59,60,69)(H2,58,65,66,68). The largest absolute Gasteiger partial charge is 0.332 e. The lowest BCUT2D eigenvalue weighted by molar-refractivity contribution is 0.262. The summed E-state index contributed by atoms with van der Waals surface area (Å²) in [5, 5.41) is 20.9. The van der Waals surface area contributed by atoms with Crippen LogP contribution in [0, 0.1) is 0 Å². The van der Waals surface area contributed by atoms with Gasteiger partial charge in [0, 0.05) is 39.3 Å². The van der Waals surface area contributed by atoms with E-state index in [9.17, 15) is 4.79 Å². The molecule has 330 valence electrons. The number of aromatic nitrogens is 7. The minimum Gasteiger partial charge on any atom is -0.332 e. The lowest BCUT2D eigenvalue weighted by atomic mass is 9.98. The van der Waals surface area contributed by atoms with E-state index in [0.717, 1.165) is 78.6 Å². The fourth-order valence-corrected chi connectivity index (χ4v) is 8.34. The average Bonchev–Trinajstić information content (AvgIpc) is 3.87. The minimum absolute atomic E-state index is 0.285. The van der Waals surface area contributed by atoms with Crippen molar-refractivity contribution >= 4 is 68.4 Å². The van der Waals surface area contributed by atoms with Crippen LogP contribution in [0.1, 0.15) is 0 Å². The zero-order valence-electron chi connectivity index (χ0n) is 36.7. The Balaban J connectivity index is 0.806. The quantitative estimate of drug-likeness (QED) is 0.0978. The first-order valence-electron chi connectivity index (χ1n) is 22.1. The molecular formula is C56H39N11OS. The second-order valence-corrected chi connectivity index (χ2v) is 16.4. The summed E-state index contributed by atoms with van der Waals surface area (Å²) in [5.74, 6) is 0.285. The van der Waals surface area contributed by atoms with E-state index in [1.54, 1.807) is 17.0 Å². The number of urea groups is 1. The van der Waals surface area contributed by atoms with Crippen LogP contribution in [0.4, 0.5) is 27.8 Å². The Morgan fingerprint density at radius 1 is 0.391 bits per heavy atom. The molecular weight excluding hydrogens is 875 g/mol. The molecule has 0 radical (unpaired) electrons. The highest BCUT2D eigenvalue weighted by Crippen LogP contribution is 2.35. The lowest BCUT2D eigenvalue weighted by Gasteiger charge is -2.14. The molecule has 2 amide bonds. The number of carbonyl (C=O) groups is 1. The van der Waals surface area contributed by atoms with Crippen LogP contribution in [-0.4, -0.2) is 45.8 Å². The predicted molar refractivity (Wildman–Crippen MR) is 280 cm³/mol. The molecule has 8 aromatic carbocycles. The summed E-state index contributed by atoms with van der Waals surface area (Å²) >= 11 is 5.78. The van der Waals surface area contributed by atoms with Gasteiger partial charge in [0.15, 0.2) is 5.11 Å². The molecule has 0 bridgehead atoms. The van der Waals surface area contributed by atoms with Gasteiger partial charge in [-0.25, -0.2) is 24.7 Å². The number of nitrogens with zero attached hydrogens (tertiary/aromatic N) is 7. The first kappa shape index (κ1) is 42.2. The van der Waals surface area contributed by atoms with Crippen LogP contribution in [0.5, 0.6) is 0 Å². The smallest absolute Gasteiger partial charge is 0.326 e. The molecule has 0 saturated heterocycles. The third kappa shape index (κ3) is 9.21. The van der Waals surface area contributed by atoms with Gasteiger partial charge in [0.05, 0.1) is 50.5 Å². The molecule has 0 saturated carbocycles. The summed E-state index contributed by atoms with van der Waals surface area (Å²) in [6.45, 7) is 0. The third-order valence-electron chi connectivity index (χ3n) is 11.4. The number of thiocarbonyl (C=S) groups is 1. The summed E-state index contributed by atoms with van der Waals surface area (Å²) in [5.41, 5.74) is 14.8. The summed E-state index contributed by atoms with van der Waals surface area (Å²) in [7, 11) is 0. The van der Waals surface area contributed by atoms with E-state index in [-0.39, 0.29) is 5.95 Å². The number of benzene rings is 8. The van der Waals surface area contributed by atoms with Gasteiger partial charge in [0.25, 0.3) is 0 Å². The molecule has 3 heterocycles. The van der Waals surface area contributed by atoms with Crippen molar-refractivity contribution in [2.45, 2.75) is 0 Å². The number of fused-ring (bicyclic) bond motifs is 2. The van der Waals surface area contributed by atoms with E-state index >= 15 is 0 Å². The second-order valence-electron chi connectivity index (χ2n) is 16.0. The van der Waals surface area contributed by atoms with E-state index in [4.69, 9.17) is 32.2 Å². The van der Waals surface area contributed by atoms with Crippen LogP contribution in [0.25, 0.3) is 83.9 Å². The highest BCUT2D eigenvalue weighted by atomic mass is 32.1. The van der Waals surface area contributed by atoms with Crippen LogP contribution >= 0.6 is 12.2 Å². The highest BCUT2D eigenvalue weighted by Gasteiger charge is 2.17. The molecule has 0 atom stereocenters. The molecule has 0 unspecified atom stereocenters. The van der Waals surface area contributed by atoms with E-state index in [1.165, 1.54) is 0 Å². The molecule has 0 aliphatic rings. The Morgan fingerprint density at radius 2 is 0.841 bits per heavy atom. The van der Waals surface area contributed by atoms with Crippen LogP contribution < -0.4 is 21.3 Å². The molecule has 4 N–H and O–H groups in total. The first-order chi connectivity index (χ1) is 34.0. The van der Waals surface area contributed by atoms with Crippen molar-refractivity contribution in [3.8, 4) is 61.8 Å². The Hall–Kier alpha value is -9.46. The molecule has 69 heavy (non-hydrogen) atoms. The summed E-state index contributed by atoms with van der Waals surface area (Å²) in [6, 6.07) is 67.1. The van der Waals surface area contributed by atoms with Crippen molar-refractivity contribution in [3.05, 3.63) is 213 Å². The number of rotatable bonds is 10. The minimum atomic E-state index is -0.472. The predicted octanol–water partition coefficient (Wildman–Crippen LogP) is 12.9. The van der Waals surface area contributed by atoms with Crippen LogP contribution in [0.2, 0.25) is 0 Å². The molecule has 3 aromatic heterocycles. The van der Waals surface area contributed by atoms with E-state index in [0.29, 0.717) is 27.5 Å². The Labute approximate surface area is 401 Å². The second kappa shape index (κ2) is 18.8. The van der Waals surface area contributed by atoms with Gasteiger partial charge in [0.1, 0.15) is 6.33 Å². The molecule has 0 aliphatic heterocycles. The average molecular weight is 914 g/mol. The van der Waals surface area contributed by atoms with Crippen LogP contribution in [-0.2, 0) is 0 Å². The normalized spacial score (nSPS) is 11.0. The Morgan fingerprint density at radius 3 is 1.41 bits per heavy atom. The summed E-state index contributed by atoms with van der Waals surface area (Å²) in [4.78, 5) is 33.7. The van der Waals surface area contributed by atoms with Gasteiger partial charge in [0.2, 0.25) is 5.95 Å². The van der Waals surface area contributed by atoms with Crippen LogP contribution in [0.3, 0.4) is 0 Å². The van der Waals surface area contributed by atoms with Crippen molar-refractivity contribution in [2.24, 2.45) is 0 Å². The van der Waals surface area contributed by atoms with Crippen molar-refractivity contribution in [3.63, 3.8) is 0 Å². The van der Waals surface area contributed by atoms with Crippen molar-refractivity contribution in [1.29, 1.82) is 0 Å². The van der Waals surface area contributed by atoms with E-state index in [1.807, 2.05) is 152 Å². The van der Waals surface area contributed by atoms with Gasteiger partial charge in [-0.05, 0) is 90.1 Å². The lowest BCUT2D eigenvalue weighted by Crippen LogP contribution is -2.21. The summed E-state index contributed by atoms with van der Waals surface area (Å²) < 4.78 is 1.70. The zero-order valence-corrected chi connectivity index (χ0v) is 37.5. The maximum atomic E-state index is 13.2. The topological polar surface area (TPSA) is 147 Å². The number of para-hydroxylation sites is 1. The maximum absolute atomic E-state index is 13.2. The fraction of sp³-hybridized carbons (Fsp3) is 0. The van der Waals surface area contributed by atoms with Gasteiger partial charge in [-0.2, -0.15) is 0 Å².